The van der Waals surface area contributed by atoms with Gasteiger partial charge in [0.25, 0.3) is 5.88 Å². The summed E-state index contributed by atoms with van der Waals surface area (Å²) in [7, 11) is 0. The molecule has 1 aromatic carbocycles. The number of halogens is 4. The summed E-state index contributed by atoms with van der Waals surface area (Å²) in [5.74, 6) is 0.654. The molecule has 0 spiro atoms. The fraction of sp³-hybridized carbons (Fsp3) is 0. The van der Waals surface area contributed by atoms with Gasteiger partial charge in [0.2, 0.25) is 10.4 Å². The molecule has 0 aliphatic heterocycles. The fourth-order valence-corrected chi connectivity index (χ4v) is 2.37. The molecule has 0 atom stereocenters. The Labute approximate surface area is 124 Å². The molecule has 2 rings (SSSR count). The second-order valence-electron chi connectivity index (χ2n) is 2.85. The highest BCUT2D eigenvalue weighted by Gasteiger charge is 2.10. The summed E-state index contributed by atoms with van der Waals surface area (Å²) in [5, 5.41) is 7.10. The minimum absolute atomic E-state index is 0.0300. The number of nitrogens with zero attached hydrogens (tertiary/aromatic N) is 3. The third-order valence-corrected chi connectivity index (χ3v) is 3.20. The van der Waals surface area contributed by atoms with Crippen LogP contribution in [0, 0.1) is 0 Å². The number of benzene rings is 1. The molecule has 1 aromatic heterocycles. The van der Waals surface area contributed by atoms with Gasteiger partial charge in [0.15, 0.2) is 0 Å². The Morgan fingerprint density at radius 2 is 1.88 bits per heavy atom. The lowest BCUT2D eigenvalue weighted by Gasteiger charge is -2.07. The van der Waals surface area contributed by atoms with Gasteiger partial charge in [0, 0.05) is 4.47 Å². The summed E-state index contributed by atoms with van der Waals surface area (Å²) < 4.78 is 7.14. The van der Waals surface area contributed by atoms with Crippen LogP contribution in [-0.2, 0) is 0 Å². The van der Waals surface area contributed by atoms with E-state index in [9.17, 15) is 0 Å². The number of rotatable bonds is 2. The van der Waals surface area contributed by atoms with Crippen LogP contribution in [0.1, 0.15) is 0 Å². The Bertz CT molecular complexity index is 568. The monoisotopic (exact) mass is 397 g/mol. The highest BCUT2D eigenvalue weighted by Crippen LogP contribution is 2.33. The standard InChI is InChI=1S/C9H3Br2Cl2N3O/c10-4-1-2-6(5(11)3-4)17-8-7(12)15-16-9(13)14-8/h1-3H. The molecule has 88 valence electrons. The molecule has 0 saturated carbocycles. The molecule has 0 aliphatic rings. The van der Waals surface area contributed by atoms with Crippen LogP contribution in [0.5, 0.6) is 11.6 Å². The molecule has 0 unspecified atom stereocenters. The minimum atomic E-state index is -0.0300. The van der Waals surface area contributed by atoms with Gasteiger partial charge in [0.05, 0.1) is 4.47 Å². The molecule has 2 aromatic rings. The van der Waals surface area contributed by atoms with Crippen molar-refractivity contribution in [3.63, 3.8) is 0 Å². The van der Waals surface area contributed by atoms with Gasteiger partial charge in [-0.1, -0.05) is 27.5 Å². The van der Waals surface area contributed by atoms with E-state index >= 15 is 0 Å². The van der Waals surface area contributed by atoms with Crippen molar-refractivity contribution in [3.8, 4) is 11.6 Å². The van der Waals surface area contributed by atoms with Crippen molar-refractivity contribution in [2.24, 2.45) is 0 Å². The van der Waals surface area contributed by atoms with E-state index in [4.69, 9.17) is 27.9 Å². The molecule has 0 bridgehead atoms. The van der Waals surface area contributed by atoms with Gasteiger partial charge >= 0.3 is 0 Å². The summed E-state index contributed by atoms with van der Waals surface area (Å²) in [4.78, 5) is 3.84. The van der Waals surface area contributed by atoms with E-state index in [0.29, 0.717) is 5.75 Å². The second kappa shape index (κ2) is 5.48. The van der Waals surface area contributed by atoms with E-state index in [1.165, 1.54) is 0 Å². The minimum Gasteiger partial charge on any atom is -0.435 e. The van der Waals surface area contributed by atoms with Gasteiger partial charge in [-0.2, -0.15) is 4.98 Å². The molecule has 0 fully saturated rings. The van der Waals surface area contributed by atoms with Gasteiger partial charge in [0.1, 0.15) is 5.75 Å². The molecular weight excluding hydrogens is 397 g/mol. The normalized spacial score (nSPS) is 10.4. The SMILES string of the molecule is Clc1nnc(Cl)c(Oc2ccc(Br)cc2Br)n1. The van der Waals surface area contributed by atoms with Crippen LogP contribution >= 0.6 is 55.1 Å². The summed E-state index contributed by atoms with van der Waals surface area (Å²) >= 11 is 18.1. The quantitative estimate of drug-likeness (QED) is 0.746. The number of ether oxygens (including phenoxy) is 1. The first-order chi connectivity index (χ1) is 8.06. The van der Waals surface area contributed by atoms with Gasteiger partial charge < -0.3 is 4.74 Å². The maximum Gasteiger partial charge on any atom is 0.262 e. The van der Waals surface area contributed by atoms with E-state index in [0.717, 1.165) is 8.95 Å². The van der Waals surface area contributed by atoms with Crippen LogP contribution < -0.4 is 4.74 Å². The van der Waals surface area contributed by atoms with Crippen molar-refractivity contribution in [2.45, 2.75) is 0 Å². The molecule has 8 heteroatoms. The average molecular weight is 400 g/mol. The van der Waals surface area contributed by atoms with Gasteiger partial charge in [-0.05, 0) is 45.7 Å². The second-order valence-corrected chi connectivity index (χ2v) is 5.32. The molecule has 0 saturated heterocycles. The zero-order chi connectivity index (χ0) is 12.4. The van der Waals surface area contributed by atoms with Gasteiger partial charge in [-0.25, -0.2) is 0 Å². The fourth-order valence-electron chi connectivity index (χ4n) is 1.01. The van der Waals surface area contributed by atoms with Crippen molar-refractivity contribution in [3.05, 3.63) is 37.6 Å². The summed E-state index contributed by atoms with van der Waals surface area (Å²) in [6, 6.07) is 5.41. The topological polar surface area (TPSA) is 47.9 Å². The van der Waals surface area contributed by atoms with E-state index in [1.807, 2.05) is 12.1 Å². The van der Waals surface area contributed by atoms with Crippen molar-refractivity contribution in [1.82, 2.24) is 15.2 Å². The highest BCUT2D eigenvalue weighted by atomic mass is 79.9. The lowest BCUT2D eigenvalue weighted by atomic mass is 10.3. The van der Waals surface area contributed by atoms with Crippen LogP contribution in [-0.4, -0.2) is 15.2 Å². The molecule has 0 N–H and O–H groups in total. The summed E-state index contributed by atoms with van der Waals surface area (Å²) in [5.41, 5.74) is 0. The molecule has 1 heterocycles. The molecular formula is C9H3Br2Cl2N3O. The van der Waals surface area contributed by atoms with Crippen molar-refractivity contribution >= 4 is 55.1 Å². The maximum absolute atomic E-state index is 5.79. The Morgan fingerprint density at radius 3 is 2.59 bits per heavy atom. The zero-order valence-corrected chi connectivity index (χ0v) is 12.7. The van der Waals surface area contributed by atoms with Crippen molar-refractivity contribution < 1.29 is 4.74 Å². The van der Waals surface area contributed by atoms with Crippen molar-refractivity contribution in [1.29, 1.82) is 0 Å². The third-order valence-electron chi connectivity index (χ3n) is 1.69. The maximum atomic E-state index is 5.79. The highest BCUT2D eigenvalue weighted by molar-refractivity contribution is 9.11. The Balaban J connectivity index is 2.34. The molecule has 17 heavy (non-hydrogen) atoms. The van der Waals surface area contributed by atoms with E-state index in [-0.39, 0.29) is 16.3 Å². The lowest BCUT2D eigenvalue weighted by molar-refractivity contribution is 0.454. The van der Waals surface area contributed by atoms with Crippen LogP contribution in [0.25, 0.3) is 0 Å². The van der Waals surface area contributed by atoms with Crippen molar-refractivity contribution in [2.75, 3.05) is 0 Å². The van der Waals surface area contributed by atoms with Crippen LogP contribution in [0.4, 0.5) is 0 Å². The predicted molar refractivity (Wildman–Crippen MR) is 71.8 cm³/mol. The average Bonchev–Trinajstić information content (AvgIpc) is 2.27. The summed E-state index contributed by atoms with van der Waals surface area (Å²) in [6.07, 6.45) is 0. The number of hydrogen-bond donors (Lipinski definition) is 0. The van der Waals surface area contributed by atoms with Crippen LogP contribution in [0.15, 0.2) is 27.1 Å². The zero-order valence-electron chi connectivity index (χ0n) is 7.99. The largest absolute Gasteiger partial charge is 0.435 e. The summed E-state index contributed by atoms with van der Waals surface area (Å²) in [6.45, 7) is 0. The Kier molecular flexibility index (Phi) is 4.19. The first-order valence-corrected chi connectivity index (χ1v) is 6.59. The predicted octanol–water partition coefficient (Wildman–Crippen LogP) is 4.50. The lowest BCUT2D eigenvalue weighted by Crippen LogP contribution is -1.95. The number of hydrogen-bond acceptors (Lipinski definition) is 4. The van der Waals surface area contributed by atoms with E-state index < -0.39 is 0 Å². The molecule has 0 amide bonds. The first-order valence-electron chi connectivity index (χ1n) is 4.25. The van der Waals surface area contributed by atoms with Crippen LogP contribution in [0.2, 0.25) is 10.4 Å². The van der Waals surface area contributed by atoms with Gasteiger partial charge in [-0.15, -0.1) is 10.2 Å². The Hall–Kier alpha value is -0.430. The Morgan fingerprint density at radius 1 is 1.12 bits per heavy atom. The first kappa shape index (κ1) is 13.0. The van der Waals surface area contributed by atoms with E-state index in [1.54, 1.807) is 6.07 Å². The third kappa shape index (κ3) is 3.28. The van der Waals surface area contributed by atoms with Gasteiger partial charge in [-0.3, -0.25) is 0 Å². The molecule has 4 nitrogen and oxygen atoms in total. The van der Waals surface area contributed by atoms with Crippen LogP contribution in [0.3, 0.4) is 0 Å². The molecule has 0 aliphatic carbocycles. The number of aromatic nitrogens is 3. The smallest absolute Gasteiger partial charge is 0.262 e. The molecule has 0 radical (unpaired) electrons. The van der Waals surface area contributed by atoms with E-state index in [2.05, 4.69) is 47.0 Å².